The van der Waals surface area contributed by atoms with E-state index in [4.69, 9.17) is 11.0 Å². The molecule has 4 nitrogen and oxygen atoms in total. The van der Waals surface area contributed by atoms with E-state index in [2.05, 4.69) is 40.2 Å². The minimum Gasteiger partial charge on any atom is -0.461 e. The van der Waals surface area contributed by atoms with Crippen molar-refractivity contribution in [2.24, 2.45) is 5.92 Å². The van der Waals surface area contributed by atoms with Crippen LogP contribution in [0.25, 0.3) is 16.0 Å². The molecule has 1 aromatic heterocycles. The first kappa shape index (κ1) is 15.3. The fourth-order valence-electron chi connectivity index (χ4n) is 3.39. The molecule has 3 aromatic rings. The fourth-order valence-corrected chi connectivity index (χ4v) is 3.39. The van der Waals surface area contributed by atoms with Crippen LogP contribution in [-0.2, 0) is 12.8 Å². The van der Waals surface area contributed by atoms with Gasteiger partial charge in [-0.2, -0.15) is 4.85 Å². The van der Waals surface area contributed by atoms with E-state index < -0.39 is 0 Å². The Morgan fingerprint density at radius 1 is 1.12 bits per heavy atom. The number of oxazole rings is 1. The first-order valence-electron chi connectivity index (χ1n) is 8.29. The molecule has 1 aliphatic rings. The molecular formula is C21H16N2O2. The largest absolute Gasteiger partial charge is 0.461 e. The highest BCUT2D eigenvalue weighted by molar-refractivity contribution is 5.94. The van der Waals surface area contributed by atoms with Gasteiger partial charge in [-0.3, -0.25) is 4.79 Å². The molecular weight excluding hydrogens is 312 g/mol. The molecule has 0 saturated heterocycles. The summed E-state index contributed by atoms with van der Waals surface area (Å²) < 4.78 is 5.20. The molecule has 0 bridgehead atoms. The van der Waals surface area contributed by atoms with Crippen LogP contribution >= 0.6 is 0 Å². The summed E-state index contributed by atoms with van der Waals surface area (Å²) in [6.07, 6.45) is 3.64. The number of ketones is 1. The summed E-state index contributed by atoms with van der Waals surface area (Å²) >= 11 is 0. The van der Waals surface area contributed by atoms with Crippen molar-refractivity contribution >= 4 is 11.7 Å². The molecule has 4 heteroatoms. The minimum absolute atomic E-state index is 0.0559. The average molecular weight is 328 g/mol. The highest BCUT2D eigenvalue weighted by Gasteiger charge is 2.28. The van der Waals surface area contributed by atoms with E-state index in [1.54, 1.807) is 0 Å². The van der Waals surface area contributed by atoms with Crippen molar-refractivity contribution in [3.8, 4) is 11.1 Å². The number of rotatable bonds is 3. The maximum atomic E-state index is 12.6. The van der Waals surface area contributed by atoms with Crippen LogP contribution in [0, 0.1) is 12.5 Å². The van der Waals surface area contributed by atoms with Gasteiger partial charge in [-0.05, 0) is 41.5 Å². The highest BCUT2D eigenvalue weighted by Crippen LogP contribution is 2.31. The molecule has 1 unspecified atom stereocenters. The van der Waals surface area contributed by atoms with Crippen LogP contribution in [0.3, 0.4) is 0 Å². The zero-order valence-corrected chi connectivity index (χ0v) is 13.6. The zero-order chi connectivity index (χ0) is 17.2. The third-order valence-corrected chi connectivity index (χ3v) is 4.73. The fraction of sp³-hybridized carbons (Fsp3) is 0.190. The summed E-state index contributed by atoms with van der Waals surface area (Å²) in [5.74, 6) is -0.118. The number of fused-ring (bicyclic) bond motifs is 1. The Labute approximate surface area is 146 Å². The predicted molar refractivity (Wildman–Crippen MR) is 94.5 cm³/mol. The van der Waals surface area contributed by atoms with Crippen LogP contribution in [0.2, 0.25) is 0 Å². The maximum absolute atomic E-state index is 12.6. The second-order valence-electron chi connectivity index (χ2n) is 6.27. The molecule has 2 aromatic carbocycles. The predicted octanol–water partition coefficient (Wildman–Crippen LogP) is 4.88. The number of Topliss-reactive ketones (excluding diaryl/α,β-unsaturated/α-hetero) is 1. The summed E-state index contributed by atoms with van der Waals surface area (Å²) in [4.78, 5) is 19.7. The van der Waals surface area contributed by atoms with E-state index in [-0.39, 0.29) is 23.5 Å². The van der Waals surface area contributed by atoms with Crippen LogP contribution in [0.4, 0.5) is 5.88 Å². The van der Waals surface area contributed by atoms with Gasteiger partial charge in [0, 0.05) is 5.92 Å². The Morgan fingerprint density at radius 2 is 1.96 bits per heavy atom. The van der Waals surface area contributed by atoms with E-state index in [0.717, 1.165) is 12.8 Å². The molecule has 0 aliphatic heterocycles. The van der Waals surface area contributed by atoms with E-state index in [9.17, 15) is 4.79 Å². The van der Waals surface area contributed by atoms with Gasteiger partial charge >= 0.3 is 5.88 Å². The molecule has 25 heavy (non-hydrogen) atoms. The van der Waals surface area contributed by atoms with Gasteiger partial charge in [0.05, 0.1) is 12.8 Å². The quantitative estimate of drug-likeness (QED) is 0.508. The third-order valence-electron chi connectivity index (χ3n) is 4.73. The number of carbonyl (C=O) groups is 1. The van der Waals surface area contributed by atoms with Crippen LogP contribution in [0.15, 0.2) is 59.1 Å². The molecule has 4 rings (SSSR count). The molecule has 0 saturated carbocycles. The summed E-state index contributed by atoms with van der Waals surface area (Å²) in [5, 5.41) is 0. The molecule has 0 fully saturated rings. The standard InChI is InChI=1S/C21H16N2O2/c1-22-19-13-23-21(25-19)20(24)18-10-9-16-11-15(7-8-17(16)12-18)14-5-3-2-4-6-14/h2-8,11,13,18H,9-10,12H2. The maximum Gasteiger partial charge on any atom is 0.365 e. The van der Waals surface area contributed by atoms with Gasteiger partial charge in [0.25, 0.3) is 0 Å². The average Bonchev–Trinajstić information content (AvgIpc) is 3.16. The Morgan fingerprint density at radius 3 is 2.72 bits per heavy atom. The van der Waals surface area contributed by atoms with Crippen LogP contribution in [0.1, 0.15) is 28.2 Å². The third kappa shape index (κ3) is 2.97. The molecule has 1 aliphatic carbocycles. The Bertz CT molecular complexity index is 967. The van der Waals surface area contributed by atoms with E-state index in [0.29, 0.717) is 6.42 Å². The Kier molecular flexibility index (Phi) is 3.91. The van der Waals surface area contributed by atoms with Gasteiger partial charge in [0.15, 0.2) is 0 Å². The van der Waals surface area contributed by atoms with Gasteiger partial charge in [-0.15, -0.1) is 0 Å². The number of aromatic nitrogens is 1. The van der Waals surface area contributed by atoms with Crippen molar-refractivity contribution in [2.75, 3.05) is 0 Å². The van der Waals surface area contributed by atoms with Crippen molar-refractivity contribution in [1.29, 1.82) is 0 Å². The number of hydrogen-bond acceptors (Lipinski definition) is 3. The SMILES string of the molecule is [C-]#[N+]c1cnc(C(=O)C2CCc3cc(-c4ccccc4)ccc3C2)o1. The second-order valence-corrected chi connectivity index (χ2v) is 6.27. The number of benzene rings is 2. The Balaban J connectivity index is 1.56. The van der Waals surface area contributed by atoms with Gasteiger partial charge in [0.1, 0.15) is 0 Å². The smallest absolute Gasteiger partial charge is 0.365 e. The van der Waals surface area contributed by atoms with Crippen molar-refractivity contribution in [3.63, 3.8) is 0 Å². The van der Waals surface area contributed by atoms with E-state index >= 15 is 0 Å². The molecule has 122 valence electrons. The lowest BCUT2D eigenvalue weighted by molar-refractivity contribution is 0.0874. The topological polar surface area (TPSA) is 47.5 Å². The zero-order valence-electron chi connectivity index (χ0n) is 13.6. The summed E-state index contributed by atoms with van der Waals surface area (Å²) in [6, 6.07) is 16.8. The van der Waals surface area contributed by atoms with Crippen molar-refractivity contribution in [2.45, 2.75) is 19.3 Å². The molecule has 0 N–H and O–H groups in total. The van der Waals surface area contributed by atoms with E-state index in [1.165, 1.54) is 28.5 Å². The normalized spacial score (nSPS) is 16.0. The van der Waals surface area contributed by atoms with Crippen molar-refractivity contribution in [3.05, 3.63) is 83.2 Å². The first-order chi connectivity index (χ1) is 12.2. The van der Waals surface area contributed by atoms with E-state index in [1.807, 2.05) is 18.2 Å². The lowest BCUT2D eigenvalue weighted by Gasteiger charge is -2.23. The number of carbonyl (C=O) groups excluding carboxylic acids is 1. The number of aryl methyl sites for hydroxylation is 1. The van der Waals surface area contributed by atoms with Crippen molar-refractivity contribution < 1.29 is 9.21 Å². The summed E-state index contributed by atoms with van der Waals surface area (Å²) in [5.41, 5.74) is 4.93. The van der Waals surface area contributed by atoms with Crippen LogP contribution in [-0.4, -0.2) is 10.8 Å². The molecule has 0 radical (unpaired) electrons. The van der Waals surface area contributed by atoms with Gasteiger partial charge in [-0.1, -0.05) is 48.5 Å². The molecule has 0 amide bonds. The second kappa shape index (κ2) is 6.37. The van der Waals surface area contributed by atoms with Gasteiger partial charge < -0.3 is 4.42 Å². The number of nitrogens with zero attached hydrogens (tertiary/aromatic N) is 2. The minimum atomic E-state index is -0.132. The molecule has 1 heterocycles. The molecule has 0 spiro atoms. The molecule has 1 atom stereocenters. The lowest BCUT2D eigenvalue weighted by Crippen LogP contribution is -2.23. The summed E-state index contributed by atoms with van der Waals surface area (Å²) in [6.45, 7) is 6.91. The Hall–Kier alpha value is -3.19. The summed E-state index contributed by atoms with van der Waals surface area (Å²) in [7, 11) is 0. The van der Waals surface area contributed by atoms with Gasteiger partial charge in [-0.25, -0.2) is 4.98 Å². The van der Waals surface area contributed by atoms with Crippen molar-refractivity contribution in [1.82, 2.24) is 4.98 Å². The highest BCUT2D eigenvalue weighted by atomic mass is 16.4. The van der Waals surface area contributed by atoms with Crippen LogP contribution < -0.4 is 0 Å². The lowest BCUT2D eigenvalue weighted by atomic mass is 9.80. The first-order valence-corrected chi connectivity index (χ1v) is 8.29. The van der Waals surface area contributed by atoms with Gasteiger partial charge in [0.2, 0.25) is 11.7 Å². The van der Waals surface area contributed by atoms with Crippen LogP contribution in [0.5, 0.6) is 0 Å². The monoisotopic (exact) mass is 328 g/mol. The number of hydrogen-bond donors (Lipinski definition) is 0.